The van der Waals surface area contributed by atoms with Crippen LogP contribution in [0, 0.1) is 5.92 Å². The first-order valence-corrected chi connectivity index (χ1v) is 8.88. The van der Waals surface area contributed by atoms with E-state index in [9.17, 15) is 9.90 Å². The largest absolute Gasteiger partial charge is 0.372 e. The molecule has 1 aliphatic rings. The van der Waals surface area contributed by atoms with Crippen molar-refractivity contribution in [2.75, 3.05) is 0 Å². The number of hydrogen-bond donors (Lipinski definition) is 2. The fourth-order valence-corrected chi connectivity index (χ4v) is 3.35. The van der Waals surface area contributed by atoms with E-state index in [1.807, 2.05) is 42.6 Å². The molecule has 0 saturated heterocycles. The third kappa shape index (κ3) is 3.97. The summed E-state index contributed by atoms with van der Waals surface area (Å²) in [6.07, 6.45) is 7.74. The topological polar surface area (TPSA) is 61.7 Å². The molecule has 3 rings (SSSR count). The van der Waals surface area contributed by atoms with Crippen LogP contribution >= 0.6 is 0 Å². The fraction of sp³-hybridized carbons (Fsp3) is 0.333. The standard InChI is InChI=1S/C21H24N2O2/c24-20(23-22-16-17-10-4-1-5-11-17)21(25,18-12-6-2-7-13-18)19-14-8-3-9-15-19/h2-3,6-9,12-17,25H,1,4-5,10-11H2,(H,23,24). The molecule has 0 atom stereocenters. The van der Waals surface area contributed by atoms with Gasteiger partial charge in [0.2, 0.25) is 0 Å². The third-order valence-corrected chi connectivity index (χ3v) is 4.81. The molecule has 0 radical (unpaired) electrons. The van der Waals surface area contributed by atoms with E-state index < -0.39 is 11.5 Å². The number of carbonyl (C=O) groups is 1. The molecule has 0 aromatic heterocycles. The van der Waals surface area contributed by atoms with Gasteiger partial charge in [0.15, 0.2) is 5.60 Å². The lowest BCUT2D eigenvalue weighted by Crippen LogP contribution is -2.43. The van der Waals surface area contributed by atoms with Crippen LogP contribution in [0.4, 0.5) is 0 Å². The van der Waals surface area contributed by atoms with Crippen LogP contribution in [0.3, 0.4) is 0 Å². The zero-order valence-electron chi connectivity index (χ0n) is 14.3. The lowest BCUT2D eigenvalue weighted by Gasteiger charge is -2.27. The van der Waals surface area contributed by atoms with Crippen LogP contribution in [0.1, 0.15) is 43.2 Å². The Morgan fingerprint density at radius 3 is 2.00 bits per heavy atom. The molecule has 4 heteroatoms. The average Bonchev–Trinajstić information content (AvgIpc) is 2.69. The highest BCUT2D eigenvalue weighted by Crippen LogP contribution is 2.30. The van der Waals surface area contributed by atoms with Crippen molar-refractivity contribution in [3.63, 3.8) is 0 Å². The Labute approximate surface area is 148 Å². The van der Waals surface area contributed by atoms with Gasteiger partial charge in [0.1, 0.15) is 0 Å². The maximum Gasteiger partial charge on any atom is 0.281 e. The van der Waals surface area contributed by atoms with Gasteiger partial charge in [-0.2, -0.15) is 5.10 Å². The molecule has 0 unspecified atom stereocenters. The number of nitrogens with one attached hydrogen (secondary N) is 1. The number of benzene rings is 2. The van der Waals surface area contributed by atoms with Crippen LogP contribution in [0.5, 0.6) is 0 Å². The summed E-state index contributed by atoms with van der Waals surface area (Å²) in [5, 5.41) is 15.4. The van der Waals surface area contributed by atoms with Gasteiger partial charge >= 0.3 is 0 Å². The zero-order chi connectivity index (χ0) is 17.5. The van der Waals surface area contributed by atoms with Crippen LogP contribution < -0.4 is 5.43 Å². The van der Waals surface area contributed by atoms with Gasteiger partial charge in [-0.1, -0.05) is 79.9 Å². The van der Waals surface area contributed by atoms with E-state index in [0.29, 0.717) is 17.0 Å². The van der Waals surface area contributed by atoms with Gasteiger partial charge in [0.25, 0.3) is 5.91 Å². The van der Waals surface area contributed by atoms with E-state index in [0.717, 1.165) is 12.8 Å². The van der Waals surface area contributed by atoms with Crippen molar-refractivity contribution in [1.82, 2.24) is 5.43 Å². The second-order valence-electron chi connectivity index (χ2n) is 6.56. The van der Waals surface area contributed by atoms with Crippen LogP contribution in [0.25, 0.3) is 0 Å². The van der Waals surface area contributed by atoms with Crippen LogP contribution in [-0.2, 0) is 10.4 Å². The molecule has 1 saturated carbocycles. The number of nitrogens with zero attached hydrogens (tertiary/aromatic N) is 1. The minimum absolute atomic E-state index is 0.413. The number of aliphatic hydroxyl groups is 1. The van der Waals surface area contributed by atoms with Gasteiger partial charge in [-0.25, -0.2) is 5.43 Å². The molecule has 2 aromatic carbocycles. The van der Waals surface area contributed by atoms with Crippen molar-refractivity contribution in [2.24, 2.45) is 11.0 Å². The van der Waals surface area contributed by atoms with Gasteiger partial charge in [-0.15, -0.1) is 0 Å². The second-order valence-corrected chi connectivity index (χ2v) is 6.56. The summed E-state index contributed by atoms with van der Waals surface area (Å²) in [5.41, 5.74) is 1.82. The van der Waals surface area contributed by atoms with Crippen molar-refractivity contribution in [1.29, 1.82) is 0 Å². The van der Waals surface area contributed by atoms with Gasteiger partial charge in [-0.3, -0.25) is 4.79 Å². The molecule has 0 spiro atoms. The van der Waals surface area contributed by atoms with E-state index in [1.165, 1.54) is 19.3 Å². The number of amides is 1. The SMILES string of the molecule is O=C(NN=CC1CCCCC1)C(O)(c1ccccc1)c1ccccc1. The van der Waals surface area contributed by atoms with Crippen molar-refractivity contribution in [3.8, 4) is 0 Å². The molecule has 0 bridgehead atoms. The van der Waals surface area contributed by atoms with Gasteiger partial charge in [-0.05, 0) is 29.9 Å². The van der Waals surface area contributed by atoms with Crippen molar-refractivity contribution in [2.45, 2.75) is 37.7 Å². The van der Waals surface area contributed by atoms with E-state index in [4.69, 9.17) is 0 Å². The first-order valence-electron chi connectivity index (χ1n) is 8.88. The Bertz CT molecular complexity index is 668. The number of hydrogen-bond acceptors (Lipinski definition) is 3. The molecule has 2 N–H and O–H groups in total. The molecule has 0 heterocycles. The summed E-state index contributed by atoms with van der Waals surface area (Å²) in [5.74, 6) is -0.132. The molecule has 1 fully saturated rings. The minimum Gasteiger partial charge on any atom is -0.372 e. The normalized spacial score (nSPS) is 16.0. The van der Waals surface area contributed by atoms with Crippen molar-refractivity contribution in [3.05, 3.63) is 71.8 Å². The van der Waals surface area contributed by atoms with E-state index in [2.05, 4.69) is 10.5 Å². The monoisotopic (exact) mass is 336 g/mol. The summed E-state index contributed by atoms with van der Waals surface area (Å²) < 4.78 is 0. The fourth-order valence-electron chi connectivity index (χ4n) is 3.35. The summed E-state index contributed by atoms with van der Waals surface area (Å²) in [7, 11) is 0. The number of rotatable bonds is 5. The van der Waals surface area contributed by atoms with Gasteiger partial charge in [0.05, 0.1) is 0 Å². The Hall–Kier alpha value is -2.46. The quantitative estimate of drug-likeness (QED) is 0.647. The predicted molar refractivity (Wildman–Crippen MR) is 99.1 cm³/mol. The van der Waals surface area contributed by atoms with Crippen LogP contribution in [0.2, 0.25) is 0 Å². The summed E-state index contributed by atoms with van der Waals surface area (Å²) in [6.45, 7) is 0. The Kier molecular flexibility index (Phi) is 5.61. The summed E-state index contributed by atoms with van der Waals surface area (Å²) >= 11 is 0. The Morgan fingerprint density at radius 1 is 0.960 bits per heavy atom. The average molecular weight is 336 g/mol. The predicted octanol–water partition coefficient (Wildman–Crippen LogP) is 3.60. The molecule has 0 aliphatic heterocycles. The highest BCUT2D eigenvalue weighted by molar-refractivity contribution is 5.90. The highest BCUT2D eigenvalue weighted by atomic mass is 16.3. The molecule has 4 nitrogen and oxygen atoms in total. The molecule has 25 heavy (non-hydrogen) atoms. The lowest BCUT2D eigenvalue weighted by atomic mass is 9.85. The first-order chi connectivity index (χ1) is 12.2. The van der Waals surface area contributed by atoms with E-state index in [1.54, 1.807) is 24.3 Å². The smallest absolute Gasteiger partial charge is 0.281 e. The second kappa shape index (κ2) is 8.08. The van der Waals surface area contributed by atoms with E-state index in [-0.39, 0.29) is 0 Å². The molecular formula is C21H24N2O2. The van der Waals surface area contributed by atoms with Gasteiger partial charge in [0, 0.05) is 6.21 Å². The van der Waals surface area contributed by atoms with Crippen LogP contribution in [0.15, 0.2) is 65.8 Å². The third-order valence-electron chi connectivity index (χ3n) is 4.81. The van der Waals surface area contributed by atoms with Crippen molar-refractivity contribution >= 4 is 12.1 Å². The molecule has 1 aliphatic carbocycles. The van der Waals surface area contributed by atoms with Crippen molar-refractivity contribution < 1.29 is 9.90 Å². The summed E-state index contributed by atoms with van der Waals surface area (Å²) in [4.78, 5) is 12.8. The summed E-state index contributed by atoms with van der Waals surface area (Å²) in [6, 6.07) is 17.9. The maximum atomic E-state index is 12.8. The zero-order valence-corrected chi connectivity index (χ0v) is 14.3. The molecule has 2 aromatic rings. The lowest BCUT2D eigenvalue weighted by molar-refractivity contribution is -0.136. The highest BCUT2D eigenvalue weighted by Gasteiger charge is 2.39. The first kappa shape index (κ1) is 17.4. The Balaban J connectivity index is 1.82. The Morgan fingerprint density at radius 2 is 1.48 bits per heavy atom. The molecule has 130 valence electrons. The maximum absolute atomic E-state index is 12.8. The molecular weight excluding hydrogens is 312 g/mol. The minimum atomic E-state index is -1.77. The van der Waals surface area contributed by atoms with E-state index >= 15 is 0 Å². The van der Waals surface area contributed by atoms with Gasteiger partial charge < -0.3 is 5.11 Å². The molecule has 1 amide bonds. The number of carbonyl (C=O) groups excluding carboxylic acids is 1. The number of hydrazone groups is 1. The van der Waals surface area contributed by atoms with Crippen LogP contribution in [-0.4, -0.2) is 17.2 Å².